The zero-order valence-corrected chi connectivity index (χ0v) is 14.9. The van der Waals surface area contributed by atoms with Crippen LogP contribution in [-0.2, 0) is 4.79 Å². The minimum absolute atomic E-state index is 0.102. The third-order valence-corrected chi connectivity index (χ3v) is 5.81. The summed E-state index contributed by atoms with van der Waals surface area (Å²) in [5.74, 6) is 1.31. The summed E-state index contributed by atoms with van der Waals surface area (Å²) in [6.45, 7) is 3.47. The maximum atomic E-state index is 12.4. The molecule has 2 bridgehead atoms. The van der Waals surface area contributed by atoms with Gasteiger partial charge in [-0.1, -0.05) is 36.4 Å². The predicted octanol–water partition coefficient (Wildman–Crippen LogP) is 3.84. The normalized spacial score (nSPS) is 24.2. The van der Waals surface area contributed by atoms with Crippen molar-refractivity contribution >= 4 is 17.9 Å². The van der Waals surface area contributed by atoms with Crippen molar-refractivity contribution in [2.45, 2.75) is 19.3 Å². The average Bonchev–Trinajstić information content (AvgIpc) is 2.69. The highest BCUT2D eigenvalue weighted by Gasteiger charge is 2.34. The zero-order valence-electron chi connectivity index (χ0n) is 14.9. The Morgan fingerprint density at radius 3 is 2.46 bits per heavy atom. The molecule has 5 rings (SSSR count). The Morgan fingerprint density at radius 1 is 1.08 bits per heavy atom. The molecule has 3 aliphatic rings. The number of carbonyl (C=O) groups excluding carboxylic acids is 2. The Bertz CT molecular complexity index is 792. The molecule has 1 N–H and O–H groups in total. The molecular weight excluding hydrogens is 324 g/mol. The van der Waals surface area contributed by atoms with Gasteiger partial charge in [-0.05, 0) is 61.0 Å². The molecule has 1 unspecified atom stereocenters. The second-order valence-electron chi connectivity index (χ2n) is 7.43. The predicted molar refractivity (Wildman–Crippen MR) is 103 cm³/mol. The van der Waals surface area contributed by atoms with E-state index in [2.05, 4.69) is 10.2 Å². The summed E-state index contributed by atoms with van der Waals surface area (Å²) < 4.78 is 0. The van der Waals surface area contributed by atoms with E-state index in [9.17, 15) is 9.59 Å². The van der Waals surface area contributed by atoms with Crippen LogP contribution in [-0.4, -0.2) is 36.7 Å². The molecule has 2 aromatic carbocycles. The van der Waals surface area contributed by atoms with Crippen LogP contribution in [0, 0.1) is 11.8 Å². The highest BCUT2D eigenvalue weighted by atomic mass is 16.1. The van der Waals surface area contributed by atoms with Crippen LogP contribution in [0.2, 0.25) is 0 Å². The van der Waals surface area contributed by atoms with Gasteiger partial charge in [0, 0.05) is 24.2 Å². The third kappa shape index (κ3) is 3.56. The zero-order chi connectivity index (χ0) is 17.9. The molecule has 0 spiro atoms. The molecule has 0 aromatic heterocycles. The summed E-state index contributed by atoms with van der Waals surface area (Å²) >= 11 is 0. The van der Waals surface area contributed by atoms with E-state index < -0.39 is 0 Å². The topological polar surface area (TPSA) is 49.4 Å². The molecule has 4 heteroatoms. The Labute approximate surface area is 154 Å². The van der Waals surface area contributed by atoms with Gasteiger partial charge in [-0.3, -0.25) is 9.59 Å². The molecule has 3 aliphatic heterocycles. The highest BCUT2D eigenvalue weighted by molar-refractivity contribution is 5.92. The summed E-state index contributed by atoms with van der Waals surface area (Å²) in [4.78, 5) is 26.1. The van der Waals surface area contributed by atoms with Gasteiger partial charge in [-0.15, -0.1) is 0 Å². The van der Waals surface area contributed by atoms with Gasteiger partial charge < -0.3 is 10.2 Å². The van der Waals surface area contributed by atoms with E-state index in [-0.39, 0.29) is 5.91 Å². The second kappa shape index (κ2) is 7.42. The maximum Gasteiger partial charge on any atom is 0.224 e. The second-order valence-corrected chi connectivity index (χ2v) is 7.43. The molecule has 0 saturated carbocycles. The molecule has 134 valence electrons. The molecule has 3 fully saturated rings. The Hall–Kier alpha value is -2.46. The van der Waals surface area contributed by atoms with Gasteiger partial charge >= 0.3 is 0 Å². The molecule has 3 heterocycles. The lowest BCUT2D eigenvalue weighted by molar-refractivity contribution is -0.118. The van der Waals surface area contributed by atoms with Gasteiger partial charge in [-0.25, -0.2) is 0 Å². The molecule has 3 saturated heterocycles. The largest absolute Gasteiger partial charge is 0.326 e. The number of benzene rings is 2. The number of carbonyl (C=O) groups is 2. The minimum Gasteiger partial charge on any atom is -0.326 e. The van der Waals surface area contributed by atoms with Crippen molar-refractivity contribution in [3.63, 3.8) is 0 Å². The number of rotatable bonds is 5. The van der Waals surface area contributed by atoms with Gasteiger partial charge in [-0.2, -0.15) is 0 Å². The first kappa shape index (κ1) is 17.0. The quantitative estimate of drug-likeness (QED) is 0.835. The van der Waals surface area contributed by atoms with Crippen LogP contribution in [0.25, 0.3) is 11.1 Å². The molecule has 0 radical (unpaired) electrons. The molecular formula is C22H24N2O2. The number of piperidine rings is 3. The van der Waals surface area contributed by atoms with Crippen LogP contribution in [0.5, 0.6) is 0 Å². The van der Waals surface area contributed by atoms with E-state index in [1.54, 1.807) is 0 Å². The van der Waals surface area contributed by atoms with E-state index in [1.165, 1.54) is 25.9 Å². The van der Waals surface area contributed by atoms with Crippen molar-refractivity contribution in [1.29, 1.82) is 0 Å². The first-order chi connectivity index (χ1) is 12.7. The van der Waals surface area contributed by atoms with Gasteiger partial charge in [0.15, 0.2) is 6.29 Å². The summed E-state index contributed by atoms with van der Waals surface area (Å²) in [6, 6.07) is 15.2. The number of aldehydes is 1. The smallest absolute Gasteiger partial charge is 0.224 e. The monoisotopic (exact) mass is 348 g/mol. The fraction of sp³-hybridized carbons (Fsp3) is 0.364. The van der Waals surface area contributed by atoms with E-state index in [0.717, 1.165) is 29.6 Å². The van der Waals surface area contributed by atoms with Crippen LogP contribution < -0.4 is 5.32 Å². The SMILES string of the molecule is O=Cc1ccccc1-c1ccc(NC(=O)CC2CN3CCC2CC3)cc1. The summed E-state index contributed by atoms with van der Waals surface area (Å²) in [5.41, 5.74) is 3.37. The Balaban J connectivity index is 1.39. The van der Waals surface area contributed by atoms with Crippen LogP contribution >= 0.6 is 0 Å². The number of nitrogens with one attached hydrogen (secondary N) is 1. The van der Waals surface area contributed by atoms with Gasteiger partial charge in [0.1, 0.15) is 0 Å². The van der Waals surface area contributed by atoms with E-state index in [0.29, 0.717) is 23.8 Å². The van der Waals surface area contributed by atoms with Crippen molar-refractivity contribution in [2.75, 3.05) is 25.0 Å². The highest BCUT2D eigenvalue weighted by Crippen LogP contribution is 2.34. The first-order valence-corrected chi connectivity index (χ1v) is 9.40. The lowest BCUT2D eigenvalue weighted by atomic mass is 9.77. The Morgan fingerprint density at radius 2 is 1.81 bits per heavy atom. The van der Waals surface area contributed by atoms with Crippen molar-refractivity contribution < 1.29 is 9.59 Å². The number of hydrogen-bond acceptors (Lipinski definition) is 3. The van der Waals surface area contributed by atoms with Crippen molar-refractivity contribution in [3.8, 4) is 11.1 Å². The van der Waals surface area contributed by atoms with Gasteiger partial charge in [0.25, 0.3) is 0 Å². The minimum atomic E-state index is 0.102. The molecule has 1 atom stereocenters. The third-order valence-electron chi connectivity index (χ3n) is 5.81. The number of fused-ring (bicyclic) bond motifs is 3. The van der Waals surface area contributed by atoms with E-state index in [4.69, 9.17) is 0 Å². The summed E-state index contributed by atoms with van der Waals surface area (Å²) in [7, 11) is 0. The van der Waals surface area contributed by atoms with Crippen LogP contribution in [0.3, 0.4) is 0 Å². The first-order valence-electron chi connectivity index (χ1n) is 9.40. The number of amides is 1. The fourth-order valence-electron chi connectivity index (χ4n) is 4.36. The molecule has 4 nitrogen and oxygen atoms in total. The summed E-state index contributed by atoms with van der Waals surface area (Å²) in [6.07, 6.45) is 3.96. The molecule has 2 aromatic rings. The standard InChI is InChI=1S/C22H24N2O2/c25-15-18-3-1-2-4-21(18)17-5-7-20(8-6-17)23-22(26)13-19-14-24-11-9-16(19)10-12-24/h1-8,15-16,19H,9-14H2,(H,23,26). The van der Waals surface area contributed by atoms with E-state index >= 15 is 0 Å². The van der Waals surface area contributed by atoms with Crippen LogP contribution in [0.4, 0.5) is 5.69 Å². The van der Waals surface area contributed by atoms with Gasteiger partial charge in [0.05, 0.1) is 0 Å². The van der Waals surface area contributed by atoms with Crippen LogP contribution in [0.15, 0.2) is 48.5 Å². The van der Waals surface area contributed by atoms with E-state index in [1.807, 2.05) is 48.5 Å². The number of nitrogens with zero attached hydrogens (tertiary/aromatic N) is 1. The fourth-order valence-corrected chi connectivity index (χ4v) is 4.36. The molecule has 26 heavy (non-hydrogen) atoms. The van der Waals surface area contributed by atoms with Crippen molar-refractivity contribution in [3.05, 3.63) is 54.1 Å². The molecule has 0 aliphatic carbocycles. The lowest BCUT2D eigenvalue weighted by Gasteiger charge is -2.44. The maximum absolute atomic E-state index is 12.4. The van der Waals surface area contributed by atoms with Gasteiger partial charge in [0.2, 0.25) is 5.91 Å². The van der Waals surface area contributed by atoms with Crippen molar-refractivity contribution in [1.82, 2.24) is 4.90 Å². The average molecular weight is 348 g/mol. The lowest BCUT2D eigenvalue weighted by Crippen LogP contribution is -2.48. The van der Waals surface area contributed by atoms with Crippen molar-refractivity contribution in [2.24, 2.45) is 11.8 Å². The van der Waals surface area contributed by atoms with Crippen LogP contribution in [0.1, 0.15) is 29.6 Å². The number of anilines is 1. The number of hydrogen-bond donors (Lipinski definition) is 1. The molecule has 1 amide bonds. The summed E-state index contributed by atoms with van der Waals surface area (Å²) in [5, 5.41) is 3.03. The Kier molecular flexibility index (Phi) is 4.85.